The summed E-state index contributed by atoms with van der Waals surface area (Å²) in [4.78, 5) is 17.2. The molecule has 1 unspecified atom stereocenters. The fourth-order valence-electron chi connectivity index (χ4n) is 3.64. The Labute approximate surface area is 162 Å². The van der Waals surface area contributed by atoms with Gasteiger partial charge in [-0.25, -0.2) is 0 Å². The molecule has 1 fully saturated rings. The van der Waals surface area contributed by atoms with Crippen LogP contribution >= 0.6 is 0 Å². The minimum absolute atomic E-state index is 0.0872. The van der Waals surface area contributed by atoms with E-state index in [1.807, 2.05) is 43.3 Å². The van der Waals surface area contributed by atoms with Crippen molar-refractivity contribution in [3.8, 4) is 5.75 Å². The van der Waals surface area contributed by atoms with Crippen molar-refractivity contribution in [2.24, 2.45) is 0 Å². The van der Waals surface area contributed by atoms with E-state index in [1.165, 1.54) is 5.56 Å². The average molecular weight is 367 g/mol. The second kappa shape index (κ2) is 9.56. The first-order valence-corrected chi connectivity index (χ1v) is 9.86. The Balaban J connectivity index is 1.66. The Bertz CT molecular complexity index is 730. The number of rotatable bonds is 6. The Morgan fingerprint density at radius 1 is 1.04 bits per heavy atom. The molecule has 1 atom stereocenters. The molecule has 2 aromatic rings. The maximum Gasteiger partial charge on any atom is 0.257 e. The highest BCUT2D eigenvalue weighted by molar-refractivity contribution is 5.97. The van der Waals surface area contributed by atoms with Crippen molar-refractivity contribution in [2.45, 2.75) is 25.2 Å². The second-order valence-electron chi connectivity index (χ2n) is 7.48. The Morgan fingerprint density at radius 2 is 1.78 bits per heavy atom. The number of likely N-dealkylation sites (tertiary alicyclic amines) is 1. The van der Waals surface area contributed by atoms with Gasteiger partial charge in [-0.3, -0.25) is 4.79 Å². The Hall–Kier alpha value is -2.33. The first kappa shape index (κ1) is 19.4. The number of benzene rings is 2. The van der Waals surface area contributed by atoms with Crippen LogP contribution in [0.5, 0.6) is 5.75 Å². The Kier molecular flexibility index (Phi) is 6.88. The van der Waals surface area contributed by atoms with Gasteiger partial charge in [0.1, 0.15) is 12.4 Å². The molecule has 1 heterocycles. The van der Waals surface area contributed by atoms with Gasteiger partial charge in [0.05, 0.1) is 5.56 Å². The molecule has 1 saturated heterocycles. The molecule has 2 aromatic carbocycles. The smallest absolute Gasteiger partial charge is 0.257 e. The fourth-order valence-corrected chi connectivity index (χ4v) is 3.64. The van der Waals surface area contributed by atoms with Crippen molar-refractivity contribution in [1.82, 2.24) is 9.80 Å². The number of amides is 1. The zero-order valence-electron chi connectivity index (χ0n) is 16.4. The molecule has 4 heteroatoms. The van der Waals surface area contributed by atoms with Gasteiger partial charge in [-0.2, -0.15) is 0 Å². The first-order valence-electron chi connectivity index (χ1n) is 9.86. The number of hydrogen-bond acceptors (Lipinski definition) is 3. The summed E-state index contributed by atoms with van der Waals surface area (Å²) in [6.45, 7) is 3.01. The molecule has 1 aliphatic heterocycles. The largest absolute Gasteiger partial charge is 0.491 e. The predicted octanol–water partition coefficient (Wildman–Crippen LogP) is 4.04. The van der Waals surface area contributed by atoms with Crippen LogP contribution in [0.1, 0.15) is 41.1 Å². The van der Waals surface area contributed by atoms with E-state index in [4.69, 9.17) is 4.74 Å². The SMILES string of the molecule is CN(C)CCOc1ccccc1C(=O)N1CCCC(c2ccccc2)CC1. The van der Waals surface area contributed by atoms with Crippen LogP contribution in [0, 0.1) is 0 Å². The molecule has 4 nitrogen and oxygen atoms in total. The quantitative estimate of drug-likeness (QED) is 0.774. The van der Waals surface area contributed by atoms with Gasteiger partial charge < -0.3 is 14.5 Å². The van der Waals surface area contributed by atoms with Crippen molar-refractivity contribution >= 4 is 5.91 Å². The minimum Gasteiger partial charge on any atom is -0.491 e. The average Bonchev–Trinajstić information content (AvgIpc) is 2.94. The first-order chi connectivity index (χ1) is 13.1. The maximum absolute atomic E-state index is 13.1. The van der Waals surface area contributed by atoms with E-state index >= 15 is 0 Å². The third-order valence-corrected chi connectivity index (χ3v) is 5.20. The zero-order valence-corrected chi connectivity index (χ0v) is 16.4. The van der Waals surface area contributed by atoms with E-state index in [1.54, 1.807) is 0 Å². The van der Waals surface area contributed by atoms with Crippen LogP contribution in [-0.2, 0) is 0 Å². The van der Waals surface area contributed by atoms with Crippen molar-refractivity contribution in [1.29, 1.82) is 0 Å². The lowest BCUT2D eigenvalue weighted by Gasteiger charge is -2.22. The third-order valence-electron chi connectivity index (χ3n) is 5.20. The molecule has 1 amide bonds. The molecule has 0 aromatic heterocycles. The topological polar surface area (TPSA) is 32.8 Å². The summed E-state index contributed by atoms with van der Waals surface area (Å²) in [5.41, 5.74) is 2.06. The standard InChI is InChI=1S/C23H30N2O2/c1-24(2)17-18-27-22-13-7-6-12-21(22)23(26)25-15-8-11-20(14-16-25)19-9-4-3-5-10-19/h3-7,9-10,12-13,20H,8,11,14-18H2,1-2H3. The Morgan fingerprint density at radius 3 is 2.56 bits per heavy atom. The number of nitrogens with zero attached hydrogens (tertiary/aromatic N) is 2. The van der Waals surface area contributed by atoms with Gasteiger partial charge in [-0.1, -0.05) is 42.5 Å². The van der Waals surface area contributed by atoms with Crippen molar-refractivity contribution in [3.05, 3.63) is 65.7 Å². The molecule has 0 bridgehead atoms. The third kappa shape index (κ3) is 5.33. The van der Waals surface area contributed by atoms with Gasteiger partial charge in [0, 0.05) is 19.6 Å². The van der Waals surface area contributed by atoms with Gasteiger partial charge in [0.15, 0.2) is 0 Å². The van der Waals surface area contributed by atoms with E-state index in [0.717, 1.165) is 38.9 Å². The van der Waals surface area contributed by atoms with E-state index in [9.17, 15) is 4.79 Å². The summed E-state index contributed by atoms with van der Waals surface area (Å²) in [5, 5.41) is 0. The van der Waals surface area contributed by atoms with Crippen LogP contribution in [0.15, 0.2) is 54.6 Å². The molecule has 0 saturated carbocycles. The zero-order chi connectivity index (χ0) is 19.1. The van der Waals surface area contributed by atoms with Crippen LogP contribution in [-0.4, -0.2) is 56.0 Å². The summed E-state index contributed by atoms with van der Waals surface area (Å²) in [6.07, 6.45) is 3.18. The monoisotopic (exact) mass is 366 g/mol. The van der Waals surface area contributed by atoms with E-state index in [-0.39, 0.29) is 5.91 Å². The van der Waals surface area contributed by atoms with Crippen molar-refractivity contribution < 1.29 is 9.53 Å². The van der Waals surface area contributed by atoms with Gasteiger partial charge in [0.2, 0.25) is 0 Å². The molecule has 0 spiro atoms. The van der Waals surface area contributed by atoms with Gasteiger partial charge in [-0.05, 0) is 57.0 Å². The van der Waals surface area contributed by atoms with Crippen molar-refractivity contribution in [2.75, 3.05) is 40.3 Å². The van der Waals surface area contributed by atoms with Crippen LogP contribution in [0.2, 0.25) is 0 Å². The molecule has 0 aliphatic carbocycles. The molecule has 144 valence electrons. The summed E-state index contributed by atoms with van der Waals surface area (Å²) in [7, 11) is 4.03. The molecular formula is C23H30N2O2. The lowest BCUT2D eigenvalue weighted by atomic mass is 9.92. The number of carbonyl (C=O) groups is 1. The minimum atomic E-state index is 0.0872. The summed E-state index contributed by atoms with van der Waals surface area (Å²) >= 11 is 0. The summed E-state index contributed by atoms with van der Waals surface area (Å²) < 4.78 is 5.89. The number of carbonyl (C=O) groups excluding carboxylic acids is 1. The highest BCUT2D eigenvalue weighted by Gasteiger charge is 2.24. The molecule has 27 heavy (non-hydrogen) atoms. The normalized spacial score (nSPS) is 17.6. The number of para-hydroxylation sites is 1. The second-order valence-corrected chi connectivity index (χ2v) is 7.48. The van der Waals surface area contributed by atoms with Crippen molar-refractivity contribution in [3.63, 3.8) is 0 Å². The van der Waals surface area contributed by atoms with Crippen LogP contribution in [0.3, 0.4) is 0 Å². The molecule has 1 aliphatic rings. The summed E-state index contributed by atoms with van der Waals surface area (Å²) in [5.74, 6) is 1.31. The maximum atomic E-state index is 13.1. The number of hydrogen-bond donors (Lipinski definition) is 0. The number of likely N-dealkylation sites (N-methyl/N-ethyl adjacent to an activating group) is 1. The van der Waals surface area contributed by atoms with Crippen LogP contribution in [0.4, 0.5) is 0 Å². The highest BCUT2D eigenvalue weighted by Crippen LogP contribution is 2.29. The van der Waals surface area contributed by atoms with Crippen LogP contribution < -0.4 is 4.74 Å². The summed E-state index contributed by atoms with van der Waals surface area (Å²) in [6, 6.07) is 18.3. The van der Waals surface area contributed by atoms with E-state index in [2.05, 4.69) is 35.2 Å². The fraction of sp³-hybridized carbons (Fsp3) is 0.435. The highest BCUT2D eigenvalue weighted by atomic mass is 16.5. The van der Waals surface area contributed by atoms with Gasteiger partial charge >= 0.3 is 0 Å². The molecule has 3 rings (SSSR count). The molecular weight excluding hydrogens is 336 g/mol. The van der Waals surface area contributed by atoms with E-state index in [0.29, 0.717) is 23.8 Å². The number of ether oxygens (including phenoxy) is 1. The van der Waals surface area contributed by atoms with Gasteiger partial charge in [0.25, 0.3) is 5.91 Å². The molecule has 0 radical (unpaired) electrons. The molecule has 0 N–H and O–H groups in total. The van der Waals surface area contributed by atoms with E-state index < -0.39 is 0 Å². The lowest BCUT2D eigenvalue weighted by molar-refractivity contribution is 0.0756. The van der Waals surface area contributed by atoms with Gasteiger partial charge in [-0.15, -0.1) is 0 Å². The van der Waals surface area contributed by atoms with Crippen LogP contribution in [0.25, 0.3) is 0 Å². The predicted molar refractivity (Wildman–Crippen MR) is 109 cm³/mol. The lowest BCUT2D eigenvalue weighted by Crippen LogP contribution is -2.32.